The molecule has 0 radical (unpaired) electrons. The molecule has 31 heavy (non-hydrogen) atoms. The Hall–Kier alpha value is -3.55. The van der Waals surface area contributed by atoms with Crippen LogP contribution in [0.1, 0.15) is 37.8 Å². The first-order valence-corrected chi connectivity index (χ1v) is 10.4. The average Bonchev–Trinajstić information content (AvgIpc) is 2.79. The van der Waals surface area contributed by atoms with Gasteiger partial charge in [-0.2, -0.15) is 0 Å². The number of benzene rings is 2. The van der Waals surface area contributed by atoms with Crippen LogP contribution in [0.2, 0.25) is 0 Å². The molecule has 1 fully saturated rings. The highest BCUT2D eigenvalue weighted by atomic mass is 16.5. The second-order valence-electron chi connectivity index (χ2n) is 7.06. The van der Waals surface area contributed by atoms with E-state index in [2.05, 4.69) is 10.9 Å². The van der Waals surface area contributed by atoms with E-state index in [4.69, 9.17) is 9.47 Å². The molecule has 1 heterocycles. The number of rotatable bonds is 8. The van der Waals surface area contributed by atoms with E-state index >= 15 is 0 Å². The number of hydrazine groups is 1. The lowest BCUT2D eigenvalue weighted by Crippen LogP contribution is -2.51. The molecule has 8 heteroatoms. The molecule has 0 aliphatic carbocycles. The number of carbonyl (C=O) groups excluding carboxylic acids is 3. The highest BCUT2D eigenvalue weighted by Crippen LogP contribution is 2.27. The molecule has 1 unspecified atom stereocenters. The number of carbonyl (C=O) groups is 3. The van der Waals surface area contributed by atoms with E-state index in [-0.39, 0.29) is 12.5 Å². The topological polar surface area (TPSA) is 97.0 Å². The maximum Gasteiger partial charge on any atom is 0.276 e. The Morgan fingerprint density at radius 1 is 0.968 bits per heavy atom. The lowest BCUT2D eigenvalue weighted by atomic mass is 10.0. The lowest BCUT2D eigenvalue weighted by molar-refractivity contribution is -0.143. The monoisotopic (exact) mass is 425 g/mol. The van der Waals surface area contributed by atoms with Crippen molar-refractivity contribution in [2.75, 3.05) is 19.8 Å². The van der Waals surface area contributed by atoms with E-state index in [1.165, 1.54) is 0 Å². The van der Waals surface area contributed by atoms with Crippen molar-refractivity contribution in [3.05, 3.63) is 60.2 Å². The smallest absolute Gasteiger partial charge is 0.276 e. The third-order valence-electron chi connectivity index (χ3n) is 4.87. The van der Waals surface area contributed by atoms with E-state index in [1.807, 2.05) is 31.2 Å². The second-order valence-corrected chi connectivity index (χ2v) is 7.06. The van der Waals surface area contributed by atoms with Crippen LogP contribution in [0.25, 0.3) is 0 Å². The van der Waals surface area contributed by atoms with Crippen LogP contribution in [0, 0.1) is 0 Å². The lowest BCUT2D eigenvalue weighted by Gasteiger charge is -2.34. The van der Waals surface area contributed by atoms with Crippen molar-refractivity contribution in [1.29, 1.82) is 0 Å². The number of nitrogens with zero attached hydrogens (tertiary/aromatic N) is 1. The Morgan fingerprint density at radius 2 is 1.65 bits per heavy atom. The van der Waals surface area contributed by atoms with E-state index in [9.17, 15) is 14.4 Å². The summed E-state index contributed by atoms with van der Waals surface area (Å²) < 4.78 is 11.0. The summed E-state index contributed by atoms with van der Waals surface area (Å²) in [4.78, 5) is 39.1. The van der Waals surface area contributed by atoms with Gasteiger partial charge in [-0.05, 0) is 37.5 Å². The summed E-state index contributed by atoms with van der Waals surface area (Å²) in [6.45, 7) is 2.52. The fraction of sp³-hybridized carbons (Fsp3) is 0.348. The van der Waals surface area contributed by atoms with Crippen LogP contribution in [0.4, 0.5) is 0 Å². The van der Waals surface area contributed by atoms with Crippen molar-refractivity contribution in [1.82, 2.24) is 15.8 Å². The number of hydrogen-bond acceptors (Lipinski definition) is 5. The molecule has 0 spiro atoms. The van der Waals surface area contributed by atoms with Crippen LogP contribution in [0.3, 0.4) is 0 Å². The third kappa shape index (κ3) is 5.97. The van der Waals surface area contributed by atoms with Crippen molar-refractivity contribution in [3.8, 4) is 11.5 Å². The molecule has 3 amide bonds. The first-order chi connectivity index (χ1) is 15.1. The summed E-state index contributed by atoms with van der Waals surface area (Å²) in [5, 5.41) is 0. The minimum Gasteiger partial charge on any atom is -0.490 e. The Balaban J connectivity index is 1.60. The quantitative estimate of drug-likeness (QED) is 0.633. The van der Waals surface area contributed by atoms with Crippen LogP contribution >= 0.6 is 0 Å². The molecule has 3 rings (SSSR count). The number of ether oxygens (including phenoxy) is 2. The van der Waals surface area contributed by atoms with Gasteiger partial charge in [-0.3, -0.25) is 25.2 Å². The van der Waals surface area contributed by atoms with Crippen molar-refractivity contribution < 1.29 is 23.9 Å². The molecule has 1 saturated heterocycles. The Morgan fingerprint density at radius 3 is 2.32 bits per heavy atom. The molecule has 164 valence electrons. The van der Waals surface area contributed by atoms with Crippen LogP contribution in [-0.2, 0) is 14.4 Å². The number of nitrogens with one attached hydrogen (secondary N) is 2. The predicted octanol–water partition coefficient (Wildman–Crippen LogP) is 2.37. The van der Waals surface area contributed by atoms with Crippen molar-refractivity contribution in [3.63, 3.8) is 0 Å². The zero-order chi connectivity index (χ0) is 22.1. The first kappa shape index (κ1) is 22.1. The molecular weight excluding hydrogens is 398 g/mol. The minimum absolute atomic E-state index is 0.0718. The average molecular weight is 425 g/mol. The second kappa shape index (κ2) is 11.0. The van der Waals surface area contributed by atoms with E-state index in [1.54, 1.807) is 35.2 Å². The summed E-state index contributed by atoms with van der Waals surface area (Å²) in [5.74, 6) is -0.111. The molecule has 2 aromatic rings. The molecule has 2 N–H and O–H groups in total. The van der Waals surface area contributed by atoms with Gasteiger partial charge in [0.05, 0.1) is 6.61 Å². The Bertz CT molecular complexity index is 903. The highest BCUT2D eigenvalue weighted by molar-refractivity contribution is 5.90. The summed E-state index contributed by atoms with van der Waals surface area (Å²) >= 11 is 0. The molecule has 1 aliphatic rings. The number of hydrogen-bond donors (Lipinski definition) is 2. The number of para-hydroxylation sites is 2. The largest absolute Gasteiger partial charge is 0.490 e. The van der Waals surface area contributed by atoms with Gasteiger partial charge in [-0.15, -0.1) is 0 Å². The summed E-state index contributed by atoms with van der Waals surface area (Å²) in [6, 6.07) is 15.3. The molecule has 1 atom stereocenters. The molecule has 2 aromatic carbocycles. The molecule has 0 bridgehead atoms. The van der Waals surface area contributed by atoms with Crippen LogP contribution < -0.4 is 20.3 Å². The van der Waals surface area contributed by atoms with Crippen LogP contribution in [0.5, 0.6) is 11.5 Å². The Labute approximate surface area is 181 Å². The SMILES string of the molecule is CCOc1ccccc1OCC(=O)NNC(=O)C(c1ccccc1)N1CCCCC1=O. The van der Waals surface area contributed by atoms with Gasteiger partial charge in [0.15, 0.2) is 18.1 Å². The molecular formula is C23H27N3O5. The summed E-state index contributed by atoms with van der Waals surface area (Å²) in [5.41, 5.74) is 5.48. The normalized spacial score (nSPS) is 14.5. The zero-order valence-electron chi connectivity index (χ0n) is 17.5. The van der Waals surface area contributed by atoms with Crippen LogP contribution in [0.15, 0.2) is 54.6 Å². The number of likely N-dealkylation sites (tertiary alicyclic amines) is 1. The van der Waals surface area contributed by atoms with Gasteiger partial charge in [-0.25, -0.2) is 0 Å². The summed E-state index contributed by atoms with van der Waals surface area (Å²) in [7, 11) is 0. The van der Waals surface area contributed by atoms with Crippen LogP contribution in [-0.4, -0.2) is 42.4 Å². The number of amides is 3. The van der Waals surface area contributed by atoms with E-state index in [0.717, 1.165) is 12.8 Å². The standard InChI is InChI=1S/C23H27N3O5/c1-2-30-18-12-6-7-13-19(18)31-16-20(27)24-25-23(29)22(17-10-4-3-5-11-17)26-15-9-8-14-21(26)28/h3-7,10-13,22H,2,8-9,14-16H2,1H3,(H,24,27)(H,25,29). The molecule has 0 saturated carbocycles. The van der Waals surface area contributed by atoms with Crippen molar-refractivity contribution in [2.24, 2.45) is 0 Å². The van der Waals surface area contributed by atoms with Crippen molar-refractivity contribution in [2.45, 2.75) is 32.2 Å². The maximum absolute atomic E-state index is 12.9. The van der Waals surface area contributed by atoms with Crippen molar-refractivity contribution >= 4 is 17.7 Å². The van der Waals surface area contributed by atoms with E-state index < -0.39 is 17.9 Å². The van der Waals surface area contributed by atoms with Gasteiger partial charge in [0.2, 0.25) is 5.91 Å². The fourth-order valence-electron chi connectivity index (χ4n) is 3.43. The molecule has 1 aliphatic heterocycles. The van der Waals surface area contributed by atoms with Gasteiger partial charge in [0, 0.05) is 13.0 Å². The first-order valence-electron chi connectivity index (χ1n) is 10.4. The van der Waals surface area contributed by atoms with Gasteiger partial charge in [0.1, 0.15) is 6.04 Å². The van der Waals surface area contributed by atoms with Gasteiger partial charge >= 0.3 is 0 Å². The van der Waals surface area contributed by atoms with Gasteiger partial charge < -0.3 is 14.4 Å². The number of piperidine rings is 1. The maximum atomic E-state index is 12.9. The van der Waals surface area contributed by atoms with Gasteiger partial charge in [0.25, 0.3) is 11.8 Å². The molecule has 8 nitrogen and oxygen atoms in total. The van der Waals surface area contributed by atoms with E-state index in [0.29, 0.717) is 36.6 Å². The molecule has 0 aromatic heterocycles. The minimum atomic E-state index is -0.811. The summed E-state index contributed by atoms with van der Waals surface area (Å²) in [6.07, 6.45) is 2.06. The Kier molecular flexibility index (Phi) is 7.86. The highest BCUT2D eigenvalue weighted by Gasteiger charge is 2.32. The zero-order valence-corrected chi connectivity index (χ0v) is 17.5. The predicted molar refractivity (Wildman–Crippen MR) is 114 cm³/mol. The van der Waals surface area contributed by atoms with Gasteiger partial charge in [-0.1, -0.05) is 42.5 Å². The third-order valence-corrected chi connectivity index (χ3v) is 4.87. The fourth-order valence-corrected chi connectivity index (χ4v) is 3.43.